The fourth-order valence-electron chi connectivity index (χ4n) is 0.940. The number of nitrogens with one attached hydrogen (secondary N) is 1. The topological polar surface area (TPSA) is 59.6 Å². The van der Waals surface area contributed by atoms with E-state index in [4.69, 9.17) is 18.1 Å². The van der Waals surface area contributed by atoms with Gasteiger partial charge in [-0.1, -0.05) is 20.8 Å². The van der Waals surface area contributed by atoms with E-state index in [1.165, 1.54) is 4.68 Å². The summed E-state index contributed by atoms with van der Waals surface area (Å²) in [7, 11) is 0. The Balaban J connectivity index is 3.20. The Morgan fingerprint density at radius 1 is 1.67 bits per heavy atom. The summed E-state index contributed by atoms with van der Waals surface area (Å²) < 4.78 is 1.89. The molecule has 4 nitrogen and oxygen atoms in total. The molecule has 3 N–H and O–H groups in total. The molecule has 0 amide bonds. The van der Waals surface area contributed by atoms with Crippen molar-refractivity contribution in [1.29, 1.82) is 0 Å². The van der Waals surface area contributed by atoms with Gasteiger partial charge in [-0.3, -0.25) is 5.10 Å². The van der Waals surface area contributed by atoms with Crippen molar-refractivity contribution in [3.63, 3.8) is 0 Å². The van der Waals surface area contributed by atoms with Gasteiger partial charge in [0.25, 0.3) is 0 Å². The minimum atomic E-state index is -0.0255. The van der Waals surface area contributed by atoms with Crippen LogP contribution >= 0.6 is 12.2 Å². The molecule has 0 aliphatic rings. The number of nitrogens with two attached hydrogens (primary N) is 1. The zero-order valence-electron chi connectivity index (χ0n) is 7.59. The van der Waals surface area contributed by atoms with Gasteiger partial charge in [0.1, 0.15) is 0 Å². The molecular weight excluding hydrogens is 172 g/mol. The fraction of sp³-hybridized carbons (Fsp3) is 0.714. The molecule has 1 aromatic rings. The highest BCUT2D eigenvalue weighted by Gasteiger charge is 2.23. The quantitative estimate of drug-likeness (QED) is 0.541. The average molecular weight is 186 g/mol. The second-order valence-electron chi connectivity index (χ2n) is 3.46. The molecule has 0 aliphatic heterocycles. The second kappa shape index (κ2) is 2.90. The Labute approximate surface area is 76.8 Å². The van der Waals surface area contributed by atoms with Gasteiger partial charge in [0.2, 0.25) is 4.77 Å². The van der Waals surface area contributed by atoms with E-state index < -0.39 is 0 Å². The molecule has 0 spiro atoms. The summed E-state index contributed by atoms with van der Waals surface area (Å²) in [4.78, 5) is 0. The van der Waals surface area contributed by atoms with Crippen molar-refractivity contribution in [2.24, 2.45) is 0 Å². The molecule has 0 aliphatic carbocycles. The van der Waals surface area contributed by atoms with Crippen LogP contribution in [0.4, 0.5) is 0 Å². The molecule has 0 saturated carbocycles. The number of aromatic nitrogens is 3. The molecule has 0 atom stereocenters. The van der Waals surface area contributed by atoms with Gasteiger partial charge in [0, 0.05) is 5.41 Å². The molecular formula is C7H14N4S. The van der Waals surface area contributed by atoms with Crippen LogP contribution in [0.25, 0.3) is 0 Å². The lowest BCUT2D eigenvalue weighted by molar-refractivity contribution is 0.460. The van der Waals surface area contributed by atoms with Gasteiger partial charge in [-0.2, -0.15) is 5.10 Å². The average Bonchev–Trinajstić information content (AvgIpc) is 2.33. The van der Waals surface area contributed by atoms with Crippen LogP contribution in [-0.2, 0) is 5.41 Å². The molecule has 0 aromatic carbocycles. The van der Waals surface area contributed by atoms with E-state index in [0.29, 0.717) is 4.77 Å². The van der Waals surface area contributed by atoms with Crippen molar-refractivity contribution < 1.29 is 0 Å². The lowest BCUT2D eigenvalue weighted by Gasteiger charge is -2.20. The van der Waals surface area contributed by atoms with Crippen LogP contribution in [0, 0.1) is 4.77 Å². The summed E-state index contributed by atoms with van der Waals surface area (Å²) in [6, 6.07) is 0. The number of H-pyrrole nitrogens is 1. The Bertz CT molecular complexity index is 322. The third-order valence-electron chi connectivity index (χ3n) is 2.19. The number of nitrogen functional groups attached to an aromatic ring is 1. The Hall–Kier alpha value is -0.840. The lowest BCUT2D eigenvalue weighted by Crippen LogP contribution is -2.25. The van der Waals surface area contributed by atoms with Crippen LogP contribution < -0.4 is 5.84 Å². The number of hydrogen-bond acceptors (Lipinski definition) is 3. The largest absolute Gasteiger partial charge is 0.335 e. The van der Waals surface area contributed by atoms with E-state index in [-0.39, 0.29) is 5.41 Å². The van der Waals surface area contributed by atoms with Crippen molar-refractivity contribution in [2.75, 3.05) is 5.84 Å². The monoisotopic (exact) mass is 186 g/mol. The summed E-state index contributed by atoms with van der Waals surface area (Å²) in [6.07, 6.45) is 0.976. The van der Waals surface area contributed by atoms with E-state index >= 15 is 0 Å². The molecule has 0 unspecified atom stereocenters. The zero-order valence-corrected chi connectivity index (χ0v) is 8.40. The van der Waals surface area contributed by atoms with Crippen molar-refractivity contribution in [3.05, 3.63) is 10.6 Å². The molecule has 0 saturated heterocycles. The first kappa shape index (κ1) is 9.25. The maximum atomic E-state index is 5.68. The van der Waals surface area contributed by atoms with Crippen LogP contribution in [0.5, 0.6) is 0 Å². The van der Waals surface area contributed by atoms with Crippen LogP contribution in [-0.4, -0.2) is 14.9 Å². The van der Waals surface area contributed by atoms with E-state index in [9.17, 15) is 0 Å². The fourth-order valence-corrected chi connectivity index (χ4v) is 1.07. The third-order valence-corrected chi connectivity index (χ3v) is 2.48. The number of rotatable bonds is 2. The normalized spacial score (nSPS) is 11.9. The molecule has 68 valence electrons. The molecule has 1 rings (SSSR count). The summed E-state index contributed by atoms with van der Waals surface area (Å²) in [5.74, 6) is 6.48. The van der Waals surface area contributed by atoms with Crippen molar-refractivity contribution in [2.45, 2.75) is 32.6 Å². The van der Waals surface area contributed by atoms with Crippen LogP contribution in [0.15, 0.2) is 0 Å². The van der Waals surface area contributed by atoms with E-state index in [1.54, 1.807) is 0 Å². The summed E-state index contributed by atoms with van der Waals surface area (Å²) in [6.45, 7) is 6.26. The zero-order chi connectivity index (χ0) is 9.35. The van der Waals surface area contributed by atoms with E-state index in [0.717, 1.165) is 12.2 Å². The SMILES string of the molecule is CCC(C)(C)c1n[nH]c(=S)n1N. The molecule has 0 bridgehead atoms. The molecule has 0 fully saturated rings. The van der Waals surface area contributed by atoms with Gasteiger partial charge in [-0.25, -0.2) is 4.68 Å². The van der Waals surface area contributed by atoms with Gasteiger partial charge in [-0.05, 0) is 18.6 Å². The standard InChI is InChI=1S/C7H14N4S/c1-4-7(2,3)5-9-10-6(12)11(5)8/h4,8H2,1-3H3,(H,10,12). The summed E-state index contributed by atoms with van der Waals surface area (Å²) >= 11 is 4.91. The van der Waals surface area contributed by atoms with Gasteiger partial charge in [0.15, 0.2) is 5.82 Å². The smallest absolute Gasteiger partial charge is 0.214 e. The Kier molecular flexibility index (Phi) is 2.23. The highest BCUT2D eigenvalue weighted by Crippen LogP contribution is 2.23. The van der Waals surface area contributed by atoms with Crippen LogP contribution in [0.3, 0.4) is 0 Å². The van der Waals surface area contributed by atoms with Crippen LogP contribution in [0.1, 0.15) is 33.0 Å². The Morgan fingerprint density at radius 3 is 2.58 bits per heavy atom. The first-order valence-corrected chi connectivity index (χ1v) is 4.33. The first-order valence-electron chi connectivity index (χ1n) is 3.92. The van der Waals surface area contributed by atoms with Gasteiger partial charge in [0.05, 0.1) is 0 Å². The molecule has 0 radical (unpaired) electrons. The maximum Gasteiger partial charge on any atom is 0.214 e. The minimum Gasteiger partial charge on any atom is -0.335 e. The highest BCUT2D eigenvalue weighted by molar-refractivity contribution is 7.71. The van der Waals surface area contributed by atoms with Crippen molar-refractivity contribution in [3.8, 4) is 0 Å². The number of hydrogen-bond donors (Lipinski definition) is 2. The number of nitrogens with zero attached hydrogens (tertiary/aromatic N) is 2. The molecule has 12 heavy (non-hydrogen) atoms. The predicted octanol–water partition coefficient (Wildman–Crippen LogP) is 1.34. The van der Waals surface area contributed by atoms with Crippen molar-refractivity contribution >= 4 is 12.2 Å². The molecule has 1 heterocycles. The van der Waals surface area contributed by atoms with Gasteiger partial charge < -0.3 is 5.84 Å². The van der Waals surface area contributed by atoms with Gasteiger partial charge in [-0.15, -0.1) is 0 Å². The molecule has 1 aromatic heterocycles. The lowest BCUT2D eigenvalue weighted by atomic mass is 9.89. The van der Waals surface area contributed by atoms with E-state index in [2.05, 4.69) is 31.0 Å². The third kappa shape index (κ3) is 1.36. The summed E-state index contributed by atoms with van der Waals surface area (Å²) in [5, 5.41) is 6.75. The first-order chi connectivity index (χ1) is 5.49. The maximum absolute atomic E-state index is 5.68. The second-order valence-corrected chi connectivity index (χ2v) is 3.85. The highest BCUT2D eigenvalue weighted by atomic mass is 32.1. The molecule has 5 heteroatoms. The summed E-state index contributed by atoms with van der Waals surface area (Å²) in [5.41, 5.74) is -0.0255. The van der Waals surface area contributed by atoms with Gasteiger partial charge >= 0.3 is 0 Å². The minimum absolute atomic E-state index is 0.0255. The van der Waals surface area contributed by atoms with Crippen molar-refractivity contribution in [1.82, 2.24) is 14.9 Å². The predicted molar refractivity (Wildman–Crippen MR) is 50.9 cm³/mol. The number of aromatic amines is 1. The van der Waals surface area contributed by atoms with E-state index in [1.807, 2.05) is 0 Å². The Morgan fingerprint density at radius 2 is 2.25 bits per heavy atom. The van der Waals surface area contributed by atoms with Crippen LogP contribution in [0.2, 0.25) is 0 Å².